The van der Waals surface area contributed by atoms with Crippen LogP contribution < -0.4 is 10.1 Å². The molecule has 1 N–H and O–H groups in total. The van der Waals surface area contributed by atoms with Crippen molar-refractivity contribution in [2.75, 3.05) is 38.5 Å². The number of likely N-dealkylation sites (N-methyl/N-ethyl adjacent to an activating group) is 1. The van der Waals surface area contributed by atoms with Crippen LogP contribution in [-0.2, 0) is 19.1 Å². The minimum atomic E-state index is -4.61. The van der Waals surface area contributed by atoms with Gasteiger partial charge in [0.1, 0.15) is 11.6 Å². The largest absolute Gasteiger partial charge is 0.438 e. The Morgan fingerprint density at radius 3 is 2.51 bits per heavy atom. The van der Waals surface area contributed by atoms with Crippen LogP contribution in [0.5, 0.6) is 11.6 Å². The Labute approximate surface area is 247 Å². The lowest BCUT2D eigenvalue weighted by Crippen LogP contribution is -2.44. The zero-order valence-corrected chi connectivity index (χ0v) is 23.8. The minimum absolute atomic E-state index is 0.0269. The summed E-state index contributed by atoms with van der Waals surface area (Å²) in [5.74, 6) is -1.37. The topological polar surface area (TPSA) is 70.6 Å². The van der Waals surface area contributed by atoms with Crippen molar-refractivity contribution in [2.45, 2.75) is 26.1 Å². The molecular weight excluding hydrogens is 562 g/mol. The van der Waals surface area contributed by atoms with Gasteiger partial charge in [0.2, 0.25) is 5.88 Å². The second-order valence-corrected chi connectivity index (χ2v) is 10.4. The van der Waals surface area contributed by atoms with Gasteiger partial charge >= 0.3 is 6.18 Å². The summed E-state index contributed by atoms with van der Waals surface area (Å²) in [5, 5.41) is 2.53. The van der Waals surface area contributed by atoms with E-state index < -0.39 is 23.5 Å². The molecule has 0 spiro atoms. The molecule has 5 rings (SSSR count). The van der Waals surface area contributed by atoms with Crippen LogP contribution in [0.2, 0.25) is 0 Å². The number of hydrogen-bond acceptors (Lipinski definition) is 6. The lowest BCUT2D eigenvalue weighted by atomic mass is 10.1. The predicted octanol–water partition coefficient (Wildman–Crippen LogP) is 6.66. The molecule has 11 heteroatoms. The standard InChI is InChI=1S/C32H31F4N5O2/c1-3-24-17-21(10-12-37-24)26-5-4-11-38-31(26)43-25-8-9-28(33)27(19-25)30(42)39-29-18-23(32(34,35)36)7-6-22(29)20-41-15-13-40(2)14-16-41/h4-12,17-19H,3,13-16,20H2,1-2H3,(H,39,42). The van der Waals surface area contributed by atoms with Gasteiger partial charge in [0.05, 0.1) is 11.1 Å². The molecule has 1 fully saturated rings. The van der Waals surface area contributed by atoms with Crippen molar-refractivity contribution in [1.29, 1.82) is 0 Å². The van der Waals surface area contributed by atoms with E-state index in [1.54, 1.807) is 18.5 Å². The number of halogens is 4. The number of hydrogen-bond donors (Lipinski definition) is 1. The number of anilines is 1. The van der Waals surface area contributed by atoms with Crippen LogP contribution >= 0.6 is 0 Å². The first-order chi connectivity index (χ1) is 20.6. The Bertz CT molecular complexity index is 1600. The second-order valence-electron chi connectivity index (χ2n) is 10.4. The molecule has 1 aliphatic rings. The molecule has 0 saturated carbocycles. The first-order valence-corrected chi connectivity index (χ1v) is 13.9. The highest BCUT2D eigenvalue weighted by molar-refractivity contribution is 6.05. The molecule has 4 aromatic rings. The average Bonchev–Trinajstić information content (AvgIpc) is 2.99. The summed E-state index contributed by atoms with van der Waals surface area (Å²) in [6.07, 6.45) is -0.633. The Hall–Kier alpha value is -4.35. The summed E-state index contributed by atoms with van der Waals surface area (Å²) < 4.78 is 61.6. The highest BCUT2D eigenvalue weighted by Gasteiger charge is 2.31. The van der Waals surface area contributed by atoms with Crippen molar-refractivity contribution in [3.05, 3.63) is 101 Å². The van der Waals surface area contributed by atoms with Gasteiger partial charge in [0.25, 0.3) is 5.91 Å². The monoisotopic (exact) mass is 593 g/mol. The van der Waals surface area contributed by atoms with Crippen molar-refractivity contribution >= 4 is 11.6 Å². The van der Waals surface area contributed by atoms with E-state index in [1.165, 1.54) is 18.2 Å². The van der Waals surface area contributed by atoms with Crippen molar-refractivity contribution in [3.63, 3.8) is 0 Å². The summed E-state index contributed by atoms with van der Waals surface area (Å²) in [6, 6.07) is 14.2. The SMILES string of the molecule is CCc1cc(-c2cccnc2Oc2ccc(F)c(C(=O)Nc3cc(C(F)(F)F)ccc3CN3CCN(C)CC3)c2)ccn1. The van der Waals surface area contributed by atoms with Gasteiger partial charge in [-0.1, -0.05) is 13.0 Å². The molecule has 2 aromatic carbocycles. The molecule has 2 aromatic heterocycles. The number of aryl methyl sites for hydroxylation is 1. The molecule has 43 heavy (non-hydrogen) atoms. The molecule has 1 aliphatic heterocycles. The van der Waals surface area contributed by atoms with Gasteiger partial charge in [-0.3, -0.25) is 14.7 Å². The number of ether oxygens (including phenoxy) is 1. The molecule has 1 amide bonds. The van der Waals surface area contributed by atoms with Crippen molar-refractivity contribution in [2.24, 2.45) is 0 Å². The summed E-state index contributed by atoms with van der Waals surface area (Å²) in [6.45, 7) is 5.43. The fourth-order valence-electron chi connectivity index (χ4n) is 4.83. The first-order valence-electron chi connectivity index (χ1n) is 13.9. The number of rotatable bonds is 8. The third kappa shape index (κ3) is 7.36. The summed E-state index contributed by atoms with van der Waals surface area (Å²) >= 11 is 0. The lowest BCUT2D eigenvalue weighted by molar-refractivity contribution is -0.137. The van der Waals surface area contributed by atoms with Gasteiger partial charge in [-0.25, -0.2) is 9.37 Å². The molecule has 0 unspecified atom stereocenters. The Morgan fingerprint density at radius 1 is 0.977 bits per heavy atom. The van der Waals surface area contributed by atoms with E-state index in [4.69, 9.17) is 4.74 Å². The first kappa shape index (κ1) is 30.1. The molecule has 0 radical (unpaired) electrons. The van der Waals surface area contributed by atoms with E-state index in [0.29, 0.717) is 17.7 Å². The molecule has 0 bridgehead atoms. The summed E-state index contributed by atoms with van der Waals surface area (Å²) in [5.41, 5.74) is 1.57. The Kier molecular flexibility index (Phi) is 9.02. The molecule has 0 aliphatic carbocycles. The van der Waals surface area contributed by atoms with E-state index in [0.717, 1.165) is 62.1 Å². The number of aromatic nitrogens is 2. The Balaban J connectivity index is 1.41. The third-order valence-electron chi connectivity index (χ3n) is 7.33. The normalized spacial score (nSPS) is 14.5. The number of amides is 1. The number of alkyl halides is 3. The number of carbonyl (C=O) groups excluding carboxylic acids is 1. The summed E-state index contributed by atoms with van der Waals surface area (Å²) in [7, 11) is 2.00. The van der Waals surface area contributed by atoms with Crippen LogP contribution in [0.3, 0.4) is 0 Å². The predicted molar refractivity (Wildman–Crippen MR) is 155 cm³/mol. The molecule has 7 nitrogen and oxygen atoms in total. The van der Waals surface area contributed by atoms with Gasteiger partial charge in [-0.15, -0.1) is 0 Å². The molecular formula is C32H31F4N5O2. The third-order valence-corrected chi connectivity index (χ3v) is 7.33. The number of piperazine rings is 1. The minimum Gasteiger partial charge on any atom is -0.438 e. The van der Waals surface area contributed by atoms with Crippen LogP contribution in [0.15, 0.2) is 73.1 Å². The van der Waals surface area contributed by atoms with Gasteiger partial charge in [-0.05, 0) is 79.2 Å². The van der Waals surface area contributed by atoms with Crippen molar-refractivity contribution < 1.29 is 27.1 Å². The highest BCUT2D eigenvalue weighted by Crippen LogP contribution is 2.34. The number of nitrogens with zero attached hydrogens (tertiary/aromatic N) is 4. The van der Waals surface area contributed by atoms with Crippen LogP contribution in [0.4, 0.5) is 23.2 Å². The average molecular weight is 594 g/mol. The summed E-state index contributed by atoms with van der Waals surface area (Å²) in [4.78, 5) is 26.2. The van der Waals surface area contributed by atoms with E-state index >= 15 is 0 Å². The van der Waals surface area contributed by atoms with Gasteiger partial charge in [0.15, 0.2) is 0 Å². The fourth-order valence-corrected chi connectivity index (χ4v) is 4.83. The van der Waals surface area contributed by atoms with Gasteiger partial charge in [0, 0.05) is 62.1 Å². The maximum atomic E-state index is 14.9. The number of carbonyl (C=O) groups is 1. The van der Waals surface area contributed by atoms with E-state index in [1.807, 2.05) is 32.2 Å². The number of benzene rings is 2. The van der Waals surface area contributed by atoms with Gasteiger partial charge in [-0.2, -0.15) is 13.2 Å². The highest BCUT2D eigenvalue weighted by atomic mass is 19.4. The quantitative estimate of drug-likeness (QED) is 0.231. The molecule has 1 saturated heterocycles. The van der Waals surface area contributed by atoms with E-state index in [2.05, 4.69) is 25.1 Å². The molecule has 3 heterocycles. The maximum absolute atomic E-state index is 14.9. The van der Waals surface area contributed by atoms with E-state index in [-0.39, 0.29) is 22.9 Å². The van der Waals surface area contributed by atoms with Crippen LogP contribution in [0.25, 0.3) is 11.1 Å². The molecule has 224 valence electrons. The molecule has 0 atom stereocenters. The van der Waals surface area contributed by atoms with Crippen LogP contribution in [0, 0.1) is 5.82 Å². The zero-order chi connectivity index (χ0) is 30.6. The van der Waals surface area contributed by atoms with E-state index in [9.17, 15) is 22.4 Å². The van der Waals surface area contributed by atoms with Gasteiger partial charge < -0.3 is 15.0 Å². The number of pyridine rings is 2. The smallest absolute Gasteiger partial charge is 0.416 e. The van der Waals surface area contributed by atoms with Crippen molar-refractivity contribution in [1.82, 2.24) is 19.8 Å². The number of nitrogens with one attached hydrogen (secondary N) is 1. The van der Waals surface area contributed by atoms with Crippen molar-refractivity contribution in [3.8, 4) is 22.8 Å². The van der Waals surface area contributed by atoms with Crippen LogP contribution in [0.1, 0.15) is 34.1 Å². The zero-order valence-electron chi connectivity index (χ0n) is 23.8. The second kappa shape index (κ2) is 12.9. The fraction of sp³-hybridized carbons (Fsp3) is 0.281. The maximum Gasteiger partial charge on any atom is 0.416 e. The Morgan fingerprint density at radius 2 is 1.77 bits per heavy atom. The lowest BCUT2D eigenvalue weighted by Gasteiger charge is -2.32. The van der Waals surface area contributed by atoms with Crippen LogP contribution in [-0.4, -0.2) is 58.9 Å².